The number of ether oxygens (including phenoxy) is 1. The van der Waals surface area contributed by atoms with Crippen molar-refractivity contribution in [3.63, 3.8) is 0 Å². The van der Waals surface area contributed by atoms with Gasteiger partial charge in [0.1, 0.15) is 6.10 Å². The summed E-state index contributed by atoms with van der Waals surface area (Å²) in [6, 6.07) is 0. The third-order valence-electron chi connectivity index (χ3n) is 16.0. The van der Waals surface area contributed by atoms with Crippen LogP contribution >= 0.6 is 0 Å². The van der Waals surface area contributed by atoms with Gasteiger partial charge in [0.2, 0.25) is 0 Å². The molecular weight excluding hydrogens is 645 g/mol. The van der Waals surface area contributed by atoms with Gasteiger partial charge in [-0.15, -0.1) is 0 Å². The SMILES string of the molecule is CCCCCCCCCCCCCCCCCCCCCCCC(=O)O[C@H]1CC[C@@]2(C)C(=CC[C@H]3[C@@H]4CC[C@H]([C@H](C)CCCC(C)C)[C@@]4(C)CC[C@@H]32)C1. The third-order valence-corrected chi connectivity index (χ3v) is 16.0. The molecule has 0 aliphatic heterocycles. The molecule has 53 heavy (non-hydrogen) atoms. The topological polar surface area (TPSA) is 26.3 Å². The molecule has 0 aromatic rings. The fourth-order valence-corrected chi connectivity index (χ4v) is 12.7. The number of carbonyl (C=O) groups excluding carboxylic acids is 1. The molecule has 0 aromatic heterocycles. The molecule has 0 bridgehead atoms. The molecule has 0 radical (unpaired) electrons. The molecule has 0 saturated heterocycles. The van der Waals surface area contributed by atoms with Gasteiger partial charge in [-0.25, -0.2) is 0 Å². The number of fused-ring (bicyclic) bond motifs is 5. The molecular formula is C51H92O2. The molecule has 0 heterocycles. The van der Waals surface area contributed by atoms with E-state index < -0.39 is 0 Å². The van der Waals surface area contributed by atoms with Crippen LogP contribution in [0.3, 0.4) is 0 Å². The van der Waals surface area contributed by atoms with E-state index in [1.807, 2.05) is 0 Å². The van der Waals surface area contributed by atoms with Crippen LogP contribution in [0.5, 0.6) is 0 Å². The Bertz CT molecular complexity index is 1030. The number of allylic oxidation sites excluding steroid dienone is 1. The lowest BCUT2D eigenvalue weighted by Crippen LogP contribution is -2.51. The van der Waals surface area contributed by atoms with E-state index in [9.17, 15) is 4.79 Å². The Morgan fingerprint density at radius 1 is 0.660 bits per heavy atom. The van der Waals surface area contributed by atoms with Gasteiger partial charge in [-0.1, -0.05) is 201 Å². The second-order valence-electron chi connectivity index (χ2n) is 20.5. The Labute approximate surface area is 332 Å². The first-order valence-corrected chi connectivity index (χ1v) is 24.6. The zero-order valence-corrected chi connectivity index (χ0v) is 36.8. The van der Waals surface area contributed by atoms with E-state index in [4.69, 9.17) is 4.74 Å². The maximum atomic E-state index is 12.9. The van der Waals surface area contributed by atoms with Crippen molar-refractivity contribution in [3.05, 3.63) is 11.6 Å². The Balaban J connectivity index is 1.00. The summed E-state index contributed by atoms with van der Waals surface area (Å²) in [5, 5.41) is 0. The Hall–Kier alpha value is -0.790. The van der Waals surface area contributed by atoms with Crippen LogP contribution in [-0.2, 0) is 9.53 Å². The van der Waals surface area contributed by atoms with E-state index in [0.29, 0.717) is 17.3 Å². The predicted molar refractivity (Wildman–Crippen MR) is 230 cm³/mol. The highest BCUT2D eigenvalue weighted by Crippen LogP contribution is 2.67. The molecule has 0 N–H and O–H groups in total. The molecule has 0 unspecified atom stereocenters. The van der Waals surface area contributed by atoms with Gasteiger partial charge in [0.25, 0.3) is 0 Å². The first kappa shape index (κ1) is 44.9. The molecule has 4 aliphatic carbocycles. The number of rotatable bonds is 28. The van der Waals surface area contributed by atoms with Gasteiger partial charge in [-0.3, -0.25) is 4.79 Å². The van der Waals surface area contributed by atoms with E-state index in [-0.39, 0.29) is 12.1 Å². The lowest BCUT2D eigenvalue weighted by Gasteiger charge is -2.58. The highest BCUT2D eigenvalue weighted by atomic mass is 16.5. The van der Waals surface area contributed by atoms with Gasteiger partial charge in [-0.05, 0) is 97.7 Å². The molecule has 4 aliphatic rings. The van der Waals surface area contributed by atoms with Gasteiger partial charge in [-0.2, -0.15) is 0 Å². The predicted octanol–water partition coefficient (Wildman–Crippen LogP) is 16.5. The van der Waals surface area contributed by atoms with Crippen molar-refractivity contribution < 1.29 is 9.53 Å². The van der Waals surface area contributed by atoms with Crippen molar-refractivity contribution in [1.82, 2.24) is 0 Å². The van der Waals surface area contributed by atoms with Crippen LogP contribution in [0.4, 0.5) is 0 Å². The number of hydrogen-bond acceptors (Lipinski definition) is 2. The van der Waals surface area contributed by atoms with Crippen molar-refractivity contribution in [1.29, 1.82) is 0 Å². The molecule has 0 spiro atoms. The van der Waals surface area contributed by atoms with Crippen LogP contribution < -0.4 is 0 Å². The van der Waals surface area contributed by atoms with Crippen molar-refractivity contribution in [2.24, 2.45) is 46.3 Å². The van der Waals surface area contributed by atoms with Crippen LogP contribution in [0.25, 0.3) is 0 Å². The first-order chi connectivity index (χ1) is 25.7. The molecule has 308 valence electrons. The monoisotopic (exact) mass is 737 g/mol. The van der Waals surface area contributed by atoms with Crippen molar-refractivity contribution in [2.75, 3.05) is 0 Å². The smallest absolute Gasteiger partial charge is 0.306 e. The second-order valence-corrected chi connectivity index (χ2v) is 20.5. The zero-order valence-electron chi connectivity index (χ0n) is 36.8. The summed E-state index contributed by atoms with van der Waals surface area (Å²) in [5.74, 6) is 5.34. The summed E-state index contributed by atoms with van der Waals surface area (Å²) in [6.07, 6.45) is 47.3. The van der Waals surface area contributed by atoms with Crippen LogP contribution in [0.2, 0.25) is 0 Å². The number of esters is 1. The lowest BCUT2D eigenvalue weighted by atomic mass is 9.47. The molecule has 0 aromatic carbocycles. The average Bonchev–Trinajstić information content (AvgIpc) is 3.49. The van der Waals surface area contributed by atoms with Gasteiger partial charge in [0, 0.05) is 12.8 Å². The summed E-state index contributed by atoms with van der Waals surface area (Å²) >= 11 is 0. The Kier molecular flexibility index (Phi) is 20.4. The van der Waals surface area contributed by atoms with E-state index >= 15 is 0 Å². The largest absolute Gasteiger partial charge is 0.462 e. The van der Waals surface area contributed by atoms with E-state index in [1.165, 1.54) is 186 Å². The number of hydrogen-bond donors (Lipinski definition) is 0. The minimum atomic E-state index is 0.0682. The van der Waals surface area contributed by atoms with E-state index in [1.54, 1.807) is 5.57 Å². The lowest BCUT2D eigenvalue weighted by molar-refractivity contribution is -0.151. The molecule has 2 nitrogen and oxygen atoms in total. The summed E-state index contributed by atoms with van der Waals surface area (Å²) in [6.45, 7) is 15.0. The standard InChI is InChI=1S/C51H92O2/c1-7-8-9-10-11-12-13-14-15-16-17-18-19-20-21-22-23-24-25-26-27-31-49(52)53-44-36-38-50(5)43(40-44)32-33-45-47-35-34-46(42(4)30-28-29-41(2)3)51(47,6)39-37-48(45)50/h32,41-42,44-48H,7-31,33-40H2,1-6H3/t42-,44+,45+,46-,47+,48+,50+,51-/m1/s1. The zero-order chi connectivity index (χ0) is 37.9. The summed E-state index contributed by atoms with van der Waals surface area (Å²) in [7, 11) is 0. The van der Waals surface area contributed by atoms with Crippen LogP contribution in [0.1, 0.15) is 253 Å². The molecule has 3 saturated carbocycles. The Morgan fingerprint density at radius 2 is 1.21 bits per heavy atom. The molecule has 8 atom stereocenters. The van der Waals surface area contributed by atoms with Gasteiger partial charge in [0.05, 0.1) is 0 Å². The highest BCUT2D eigenvalue weighted by molar-refractivity contribution is 5.69. The van der Waals surface area contributed by atoms with Crippen LogP contribution in [-0.4, -0.2) is 12.1 Å². The molecule has 2 heteroatoms. The maximum Gasteiger partial charge on any atom is 0.306 e. The van der Waals surface area contributed by atoms with Gasteiger partial charge in [0.15, 0.2) is 0 Å². The Morgan fingerprint density at radius 3 is 1.75 bits per heavy atom. The van der Waals surface area contributed by atoms with Crippen LogP contribution in [0, 0.1) is 46.3 Å². The van der Waals surface area contributed by atoms with E-state index in [0.717, 1.165) is 54.8 Å². The molecule has 0 amide bonds. The third kappa shape index (κ3) is 14.0. The minimum absolute atomic E-state index is 0.0682. The maximum absolute atomic E-state index is 12.9. The van der Waals surface area contributed by atoms with E-state index in [2.05, 4.69) is 47.6 Å². The van der Waals surface area contributed by atoms with Gasteiger partial charge < -0.3 is 4.74 Å². The first-order valence-electron chi connectivity index (χ1n) is 24.6. The van der Waals surface area contributed by atoms with Crippen molar-refractivity contribution in [3.8, 4) is 0 Å². The fourth-order valence-electron chi connectivity index (χ4n) is 12.7. The summed E-state index contributed by atoms with van der Waals surface area (Å²) in [5.41, 5.74) is 2.54. The minimum Gasteiger partial charge on any atom is -0.462 e. The highest BCUT2D eigenvalue weighted by Gasteiger charge is 2.59. The molecule has 4 rings (SSSR count). The van der Waals surface area contributed by atoms with Crippen molar-refractivity contribution in [2.45, 2.75) is 260 Å². The number of carbonyl (C=O) groups is 1. The number of unbranched alkanes of at least 4 members (excludes halogenated alkanes) is 20. The molecule has 3 fully saturated rings. The average molecular weight is 737 g/mol. The quantitative estimate of drug-likeness (QED) is 0.0454. The summed E-state index contributed by atoms with van der Waals surface area (Å²) in [4.78, 5) is 12.9. The van der Waals surface area contributed by atoms with Gasteiger partial charge >= 0.3 is 5.97 Å². The normalized spacial score (nSPS) is 30.1. The fraction of sp³-hybridized carbons (Fsp3) is 0.941. The summed E-state index contributed by atoms with van der Waals surface area (Å²) < 4.78 is 6.16. The van der Waals surface area contributed by atoms with Crippen LogP contribution in [0.15, 0.2) is 11.6 Å². The van der Waals surface area contributed by atoms with Crippen molar-refractivity contribution >= 4 is 5.97 Å². The second kappa shape index (κ2) is 24.1.